The zero-order valence-corrected chi connectivity index (χ0v) is 65.4. The molecule has 8 heteroatoms. The SMILES string of the molecule is c1ccc(-c2ccc(-c3ccc(-c4nc(-n5c6ccccc6c6cc(-c7ccc(-c8ccc9sc%10ccccc%10c9c8)cc7)ccc65)nc5ccccc45)cc3)cc2)cc1.c1ccc(-c2ccc(-c3nc(-n4c5ccccc5c5cc(-c6ccc(-c7ccc8sc9ccccc9c8c7)cc6)ccc54)nc4ccccc34)c3ccccc23)cc1. The van der Waals surface area contributed by atoms with Crippen molar-refractivity contribution in [2.75, 3.05) is 0 Å². The molecule has 6 aromatic heterocycles. The average Bonchev–Trinajstić information content (AvgIpc) is 1.52. The van der Waals surface area contributed by atoms with E-state index in [2.05, 4.69) is 422 Å². The molecule has 0 fully saturated rings. The molecule has 118 heavy (non-hydrogen) atoms. The summed E-state index contributed by atoms with van der Waals surface area (Å²) < 4.78 is 9.77. The lowest BCUT2D eigenvalue weighted by Crippen LogP contribution is -2.03. The maximum atomic E-state index is 5.47. The van der Waals surface area contributed by atoms with Crippen LogP contribution in [0, 0.1) is 0 Å². The molecule has 0 bridgehead atoms. The van der Waals surface area contributed by atoms with Crippen molar-refractivity contribution in [1.82, 2.24) is 29.1 Å². The van der Waals surface area contributed by atoms with Crippen molar-refractivity contribution in [2.45, 2.75) is 0 Å². The zero-order chi connectivity index (χ0) is 77.7. The molecule has 24 rings (SSSR count). The van der Waals surface area contributed by atoms with Crippen LogP contribution in [-0.2, 0) is 0 Å². The van der Waals surface area contributed by atoms with Crippen LogP contribution in [0.5, 0.6) is 0 Å². The second kappa shape index (κ2) is 28.5. The van der Waals surface area contributed by atoms with E-state index in [4.69, 9.17) is 19.9 Å². The van der Waals surface area contributed by atoms with Gasteiger partial charge in [-0.3, -0.25) is 9.13 Å². The van der Waals surface area contributed by atoms with Crippen LogP contribution < -0.4 is 0 Å². The maximum absolute atomic E-state index is 5.47. The molecule has 6 heterocycles. The monoisotopic (exact) mass is 1540 g/mol. The number of nitrogens with zero attached hydrogens (tertiary/aromatic N) is 6. The maximum Gasteiger partial charge on any atom is 0.235 e. The van der Waals surface area contributed by atoms with Gasteiger partial charge >= 0.3 is 0 Å². The average molecular weight is 1540 g/mol. The summed E-state index contributed by atoms with van der Waals surface area (Å²) in [7, 11) is 0. The molecule has 0 spiro atoms. The van der Waals surface area contributed by atoms with Gasteiger partial charge in [-0.2, -0.15) is 0 Å². The number of fused-ring (bicyclic) bond motifs is 15. The zero-order valence-electron chi connectivity index (χ0n) is 63.8. The van der Waals surface area contributed by atoms with E-state index < -0.39 is 0 Å². The Morgan fingerprint density at radius 3 is 0.907 bits per heavy atom. The molecule has 550 valence electrons. The summed E-state index contributed by atoms with van der Waals surface area (Å²) in [4.78, 5) is 21.3. The van der Waals surface area contributed by atoms with Crippen LogP contribution in [0.4, 0.5) is 0 Å². The summed E-state index contributed by atoms with van der Waals surface area (Å²) in [5, 5.41) is 14.4. The normalized spacial score (nSPS) is 11.7. The number of hydrogen-bond donors (Lipinski definition) is 0. The van der Waals surface area contributed by atoms with E-state index in [1.54, 1.807) is 0 Å². The molecular weight excluding hydrogens is 1470 g/mol. The van der Waals surface area contributed by atoms with E-state index in [1.807, 2.05) is 22.7 Å². The van der Waals surface area contributed by atoms with Crippen LogP contribution in [0.15, 0.2) is 413 Å². The largest absolute Gasteiger partial charge is 0.278 e. The quantitative estimate of drug-likeness (QED) is 0.129. The second-order valence-corrected chi connectivity index (χ2v) is 32.5. The van der Waals surface area contributed by atoms with Crippen LogP contribution in [0.2, 0.25) is 0 Å². The summed E-state index contributed by atoms with van der Waals surface area (Å²) >= 11 is 3.71. The first-order chi connectivity index (χ1) is 58.5. The fourth-order valence-electron chi connectivity index (χ4n) is 17.7. The molecule has 0 aliphatic carbocycles. The summed E-state index contributed by atoms with van der Waals surface area (Å²) in [6, 6.07) is 148. The number of aromatic nitrogens is 6. The highest BCUT2D eigenvalue weighted by Crippen LogP contribution is 2.45. The predicted molar refractivity (Wildman–Crippen MR) is 500 cm³/mol. The van der Waals surface area contributed by atoms with Gasteiger partial charge in [0.15, 0.2) is 0 Å². The van der Waals surface area contributed by atoms with Gasteiger partial charge in [0.05, 0.1) is 44.5 Å². The van der Waals surface area contributed by atoms with Crippen molar-refractivity contribution in [3.8, 4) is 112 Å². The number of hydrogen-bond acceptors (Lipinski definition) is 6. The summed E-state index contributed by atoms with van der Waals surface area (Å²) in [6.45, 7) is 0. The first-order valence-electron chi connectivity index (χ1n) is 40.0. The Kier molecular flexibility index (Phi) is 16.5. The van der Waals surface area contributed by atoms with E-state index in [9.17, 15) is 0 Å². The van der Waals surface area contributed by atoms with Gasteiger partial charge in [-0.1, -0.05) is 328 Å². The summed E-state index contributed by atoms with van der Waals surface area (Å²) in [6.07, 6.45) is 0. The van der Waals surface area contributed by atoms with E-state index in [1.165, 1.54) is 145 Å². The van der Waals surface area contributed by atoms with Crippen LogP contribution >= 0.6 is 22.7 Å². The topological polar surface area (TPSA) is 61.4 Å². The smallest absolute Gasteiger partial charge is 0.235 e. The molecule has 0 radical (unpaired) electrons. The van der Waals surface area contributed by atoms with E-state index in [0.717, 1.165) is 71.8 Å². The lowest BCUT2D eigenvalue weighted by atomic mass is 9.93. The van der Waals surface area contributed by atoms with Gasteiger partial charge in [-0.15, -0.1) is 22.7 Å². The molecule has 6 nitrogen and oxygen atoms in total. The lowest BCUT2D eigenvalue weighted by molar-refractivity contribution is 1.01. The Hall–Kier alpha value is -15.1. The molecular formula is C110H68N6S2. The van der Waals surface area contributed by atoms with Crippen molar-refractivity contribution >= 4 is 139 Å². The number of thiophene rings is 2. The van der Waals surface area contributed by atoms with Gasteiger partial charge in [-0.05, 0) is 174 Å². The van der Waals surface area contributed by atoms with Crippen molar-refractivity contribution < 1.29 is 0 Å². The van der Waals surface area contributed by atoms with Crippen molar-refractivity contribution in [2.24, 2.45) is 0 Å². The molecule has 0 saturated carbocycles. The van der Waals surface area contributed by atoms with Gasteiger partial charge < -0.3 is 0 Å². The van der Waals surface area contributed by atoms with Crippen LogP contribution in [0.1, 0.15) is 0 Å². The third kappa shape index (κ3) is 11.9. The Balaban J connectivity index is 0.000000138. The van der Waals surface area contributed by atoms with Crippen molar-refractivity contribution in [1.29, 1.82) is 0 Å². The summed E-state index contributed by atoms with van der Waals surface area (Å²) in [5.74, 6) is 1.31. The minimum atomic E-state index is 0.656. The fraction of sp³-hybridized carbons (Fsp3) is 0. The third-order valence-electron chi connectivity index (χ3n) is 23.5. The summed E-state index contributed by atoms with van der Waals surface area (Å²) in [5.41, 5.74) is 26.9. The predicted octanol–water partition coefficient (Wildman–Crippen LogP) is 30.3. The van der Waals surface area contributed by atoms with E-state index in [-0.39, 0.29) is 0 Å². The first kappa shape index (κ1) is 68.5. The van der Waals surface area contributed by atoms with Crippen molar-refractivity contribution in [3.05, 3.63) is 413 Å². The highest BCUT2D eigenvalue weighted by Gasteiger charge is 2.23. The Morgan fingerprint density at radius 2 is 0.449 bits per heavy atom. The number of rotatable bonds is 11. The van der Waals surface area contributed by atoms with Crippen molar-refractivity contribution in [3.63, 3.8) is 0 Å². The molecule has 0 amide bonds. The second-order valence-electron chi connectivity index (χ2n) is 30.3. The molecule has 0 saturated heterocycles. The molecule has 0 N–H and O–H groups in total. The third-order valence-corrected chi connectivity index (χ3v) is 25.8. The fourth-order valence-corrected chi connectivity index (χ4v) is 19.9. The number of benzene rings is 18. The lowest BCUT2D eigenvalue weighted by Gasteiger charge is -2.15. The molecule has 18 aromatic carbocycles. The van der Waals surface area contributed by atoms with E-state index in [0.29, 0.717) is 11.9 Å². The van der Waals surface area contributed by atoms with Gasteiger partial charge in [-0.25, -0.2) is 19.9 Å². The Bertz CT molecular complexity index is 8080. The Morgan fingerprint density at radius 1 is 0.161 bits per heavy atom. The highest BCUT2D eigenvalue weighted by atomic mass is 32.1. The van der Waals surface area contributed by atoms with Gasteiger partial charge in [0.25, 0.3) is 0 Å². The van der Waals surface area contributed by atoms with E-state index >= 15 is 0 Å². The van der Waals surface area contributed by atoms with Crippen LogP contribution in [0.3, 0.4) is 0 Å². The number of para-hydroxylation sites is 4. The van der Waals surface area contributed by atoms with Gasteiger partial charge in [0.2, 0.25) is 11.9 Å². The molecule has 0 aliphatic rings. The van der Waals surface area contributed by atoms with Crippen LogP contribution in [0.25, 0.3) is 229 Å². The molecule has 0 aliphatic heterocycles. The minimum Gasteiger partial charge on any atom is -0.278 e. The molecule has 0 atom stereocenters. The molecule has 24 aromatic rings. The van der Waals surface area contributed by atoms with Gasteiger partial charge in [0, 0.05) is 83.8 Å². The van der Waals surface area contributed by atoms with Gasteiger partial charge in [0.1, 0.15) is 0 Å². The molecule has 0 unspecified atom stereocenters. The standard InChI is InChI=1S/C56H35N3S.C54H33N3S/c1-2-10-36(11-3-1)37-18-20-38(21-19-37)39-26-28-42(29-27-39)55-47-14-4-7-15-50(47)57-56(58-55)59-51-16-8-5-12-45(51)48-34-43(30-32-52(48)59)40-22-24-41(25-23-40)44-31-33-54-49(35-44)46-13-6-9-17-53(46)60-54;1-2-12-36(13-3-1)39-28-29-44(41-15-5-4-14-40(39)41)53-45-18-6-9-19-48(45)55-54(56-53)57-49-20-10-7-16-42(49)46-32-37(26-30-50(46)57)34-22-24-35(25-23-34)38-27-31-52-47(33-38)43-17-8-11-21-51(43)58-52/h1-35H;1-33H. The van der Waals surface area contributed by atoms with Crippen LogP contribution in [-0.4, -0.2) is 29.1 Å². The first-order valence-corrected chi connectivity index (χ1v) is 41.6. The Labute approximate surface area is 688 Å². The highest BCUT2D eigenvalue weighted by molar-refractivity contribution is 7.26. The minimum absolute atomic E-state index is 0.656.